The normalized spacial score (nSPS) is 24.7. The van der Waals surface area contributed by atoms with Gasteiger partial charge in [-0.05, 0) is 44.6 Å². The molecule has 0 bridgehead atoms. The number of carbonyl (C=O) groups is 1. The molecule has 4 heteroatoms. The molecule has 0 aromatic carbocycles. The highest BCUT2D eigenvalue weighted by Gasteiger charge is 2.34. The van der Waals surface area contributed by atoms with Crippen LogP contribution in [0.25, 0.3) is 0 Å². The molecule has 0 aliphatic carbocycles. The highest BCUT2D eigenvalue weighted by Crippen LogP contribution is 2.25. The summed E-state index contributed by atoms with van der Waals surface area (Å²) < 4.78 is 5.47. The summed E-state index contributed by atoms with van der Waals surface area (Å²) in [6, 6.07) is 0.640. The van der Waals surface area contributed by atoms with Gasteiger partial charge in [0.1, 0.15) is 0 Å². The number of hydrogen-bond donors (Lipinski definition) is 0. The lowest BCUT2D eigenvalue weighted by molar-refractivity contribution is -0.135. The summed E-state index contributed by atoms with van der Waals surface area (Å²) in [4.78, 5) is 17.6. The predicted molar refractivity (Wildman–Crippen MR) is 94.5 cm³/mol. The van der Waals surface area contributed by atoms with Crippen molar-refractivity contribution < 1.29 is 9.53 Å². The SMILES string of the molecule is CCCN(CC[C@H](C)CC)C(=O)C1CCN(C2CCOCC2)C1. The van der Waals surface area contributed by atoms with E-state index in [9.17, 15) is 4.79 Å². The maximum absolute atomic E-state index is 12.9. The fourth-order valence-electron chi connectivity index (χ4n) is 3.81. The zero-order valence-electron chi connectivity index (χ0n) is 15.4. The molecule has 0 aromatic heterocycles. The van der Waals surface area contributed by atoms with Gasteiger partial charge >= 0.3 is 0 Å². The molecule has 134 valence electrons. The first-order valence-corrected chi connectivity index (χ1v) is 9.76. The van der Waals surface area contributed by atoms with Crippen molar-refractivity contribution in [1.29, 1.82) is 0 Å². The second kappa shape index (κ2) is 9.63. The van der Waals surface area contributed by atoms with Crippen molar-refractivity contribution in [2.45, 2.75) is 65.3 Å². The zero-order valence-corrected chi connectivity index (χ0v) is 15.4. The second-order valence-corrected chi connectivity index (χ2v) is 7.45. The minimum Gasteiger partial charge on any atom is -0.381 e. The average molecular weight is 325 g/mol. The van der Waals surface area contributed by atoms with Gasteiger partial charge in [0.05, 0.1) is 5.92 Å². The van der Waals surface area contributed by atoms with Gasteiger partial charge in [0.25, 0.3) is 0 Å². The van der Waals surface area contributed by atoms with E-state index in [1.807, 2.05) is 0 Å². The van der Waals surface area contributed by atoms with Crippen LogP contribution in [0.5, 0.6) is 0 Å². The van der Waals surface area contributed by atoms with Gasteiger partial charge in [-0.25, -0.2) is 0 Å². The molecule has 0 aromatic rings. The monoisotopic (exact) mass is 324 g/mol. The van der Waals surface area contributed by atoms with Crippen molar-refractivity contribution in [3.05, 3.63) is 0 Å². The highest BCUT2D eigenvalue weighted by atomic mass is 16.5. The summed E-state index contributed by atoms with van der Waals surface area (Å²) in [7, 11) is 0. The Balaban J connectivity index is 1.84. The van der Waals surface area contributed by atoms with Crippen LogP contribution in [0.4, 0.5) is 0 Å². The summed E-state index contributed by atoms with van der Waals surface area (Å²) >= 11 is 0. The number of rotatable bonds is 8. The van der Waals surface area contributed by atoms with E-state index in [4.69, 9.17) is 4.74 Å². The Morgan fingerprint density at radius 2 is 1.96 bits per heavy atom. The predicted octanol–water partition coefficient (Wildman–Crippen LogP) is 3.16. The molecular formula is C19H36N2O2. The van der Waals surface area contributed by atoms with Crippen LogP contribution in [-0.2, 0) is 9.53 Å². The number of nitrogens with zero attached hydrogens (tertiary/aromatic N) is 2. The minimum atomic E-state index is 0.223. The summed E-state index contributed by atoms with van der Waals surface area (Å²) in [6.07, 6.45) is 6.71. The van der Waals surface area contributed by atoms with Gasteiger partial charge in [0.2, 0.25) is 5.91 Å². The molecule has 0 N–H and O–H groups in total. The molecule has 1 amide bonds. The first kappa shape index (κ1) is 18.7. The Kier molecular flexibility index (Phi) is 7.84. The Hall–Kier alpha value is -0.610. The fraction of sp³-hybridized carbons (Fsp3) is 0.947. The Labute approximate surface area is 142 Å². The lowest BCUT2D eigenvalue weighted by Gasteiger charge is -2.31. The largest absolute Gasteiger partial charge is 0.381 e. The van der Waals surface area contributed by atoms with Crippen LogP contribution in [0.3, 0.4) is 0 Å². The van der Waals surface area contributed by atoms with E-state index in [1.54, 1.807) is 0 Å². The first-order chi connectivity index (χ1) is 11.2. The van der Waals surface area contributed by atoms with Crippen LogP contribution in [0.1, 0.15) is 59.3 Å². The number of amides is 1. The van der Waals surface area contributed by atoms with E-state index >= 15 is 0 Å². The Bertz CT molecular complexity index is 355. The van der Waals surface area contributed by atoms with E-state index in [0.717, 1.165) is 71.5 Å². The van der Waals surface area contributed by atoms with E-state index in [1.165, 1.54) is 6.42 Å². The van der Waals surface area contributed by atoms with Gasteiger partial charge in [-0.15, -0.1) is 0 Å². The molecule has 1 unspecified atom stereocenters. The Morgan fingerprint density at radius 1 is 1.22 bits per heavy atom. The second-order valence-electron chi connectivity index (χ2n) is 7.45. The third-order valence-electron chi connectivity index (χ3n) is 5.67. The van der Waals surface area contributed by atoms with Crippen LogP contribution in [0.2, 0.25) is 0 Å². The van der Waals surface area contributed by atoms with Gasteiger partial charge in [-0.3, -0.25) is 9.69 Å². The van der Waals surface area contributed by atoms with E-state index in [0.29, 0.717) is 17.9 Å². The van der Waals surface area contributed by atoms with E-state index in [-0.39, 0.29) is 5.92 Å². The third-order valence-corrected chi connectivity index (χ3v) is 5.67. The zero-order chi connectivity index (χ0) is 16.7. The van der Waals surface area contributed by atoms with Gasteiger partial charge < -0.3 is 9.64 Å². The first-order valence-electron chi connectivity index (χ1n) is 9.76. The lowest BCUT2D eigenvalue weighted by Crippen LogP contribution is -2.41. The van der Waals surface area contributed by atoms with Crippen LogP contribution in [0.15, 0.2) is 0 Å². The fourth-order valence-corrected chi connectivity index (χ4v) is 3.81. The minimum absolute atomic E-state index is 0.223. The van der Waals surface area contributed by atoms with Gasteiger partial charge in [-0.1, -0.05) is 27.2 Å². The topological polar surface area (TPSA) is 32.8 Å². The smallest absolute Gasteiger partial charge is 0.227 e. The summed E-state index contributed by atoms with van der Waals surface area (Å²) in [5, 5.41) is 0. The maximum Gasteiger partial charge on any atom is 0.227 e. The quantitative estimate of drug-likeness (QED) is 0.687. The molecule has 0 spiro atoms. The third kappa shape index (κ3) is 5.46. The van der Waals surface area contributed by atoms with Crippen LogP contribution in [-0.4, -0.2) is 61.1 Å². The maximum atomic E-state index is 12.9. The summed E-state index contributed by atoms with van der Waals surface area (Å²) in [5.74, 6) is 1.34. The van der Waals surface area contributed by atoms with Crippen molar-refractivity contribution in [3.8, 4) is 0 Å². The Morgan fingerprint density at radius 3 is 2.61 bits per heavy atom. The highest BCUT2D eigenvalue weighted by molar-refractivity contribution is 5.79. The van der Waals surface area contributed by atoms with Crippen molar-refractivity contribution in [1.82, 2.24) is 9.80 Å². The molecule has 2 aliphatic rings. The molecular weight excluding hydrogens is 288 g/mol. The number of ether oxygens (including phenoxy) is 1. The number of carbonyl (C=O) groups excluding carboxylic acids is 1. The summed E-state index contributed by atoms with van der Waals surface area (Å²) in [6.45, 7) is 12.4. The van der Waals surface area contributed by atoms with Crippen LogP contribution < -0.4 is 0 Å². The van der Waals surface area contributed by atoms with Crippen LogP contribution in [0, 0.1) is 11.8 Å². The molecule has 2 fully saturated rings. The van der Waals surface area contributed by atoms with Crippen molar-refractivity contribution >= 4 is 5.91 Å². The average Bonchev–Trinajstić information content (AvgIpc) is 3.08. The van der Waals surface area contributed by atoms with Gasteiger partial charge in [0, 0.05) is 38.9 Å². The molecule has 0 radical (unpaired) electrons. The molecule has 2 atom stereocenters. The standard InChI is InChI=1S/C19H36N2O2/c1-4-10-20(11-6-16(3)5-2)19(22)17-7-12-21(15-17)18-8-13-23-14-9-18/h16-18H,4-15H2,1-3H3/t16-,17?/m1/s1. The van der Waals surface area contributed by atoms with Gasteiger partial charge in [-0.2, -0.15) is 0 Å². The number of likely N-dealkylation sites (tertiary alicyclic amines) is 1. The molecule has 2 heterocycles. The molecule has 4 nitrogen and oxygen atoms in total. The van der Waals surface area contributed by atoms with Crippen molar-refractivity contribution in [3.63, 3.8) is 0 Å². The number of hydrogen-bond acceptors (Lipinski definition) is 3. The molecule has 2 rings (SSSR count). The molecule has 23 heavy (non-hydrogen) atoms. The van der Waals surface area contributed by atoms with E-state index < -0.39 is 0 Å². The van der Waals surface area contributed by atoms with E-state index in [2.05, 4.69) is 30.6 Å². The van der Waals surface area contributed by atoms with Crippen LogP contribution >= 0.6 is 0 Å². The molecule has 2 saturated heterocycles. The molecule has 2 aliphatic heterocycles. The van der Waals surface area contributed by atoms with Crippen molar-refractivity contribution in [2.24, 2.45) is 11.8 Å². The van der Waals surface area contributed by atoms with Gasteiger partial charge in [0.15, 0.2) is 0 Å². The summed E-state index contributed by atoms with van der Waals surface area (Å²) in [5.41, 5.74) is 0. The van der Waals surface area contributed by atoms with Crippen molar-refractivity contribution in [2.75, 3.05) is 39.4 Å². The lowest BCUT2D eigenvalue weighted by atomic mass is 10.0. The molecule has 0 saturated carbocycles.